The minimum absolute atomic E-state index is 0.470. The van der Waals surface area contributed by atoms with E-state index in [9.17, 15) is 9.90 Å². The molecule has 0 amide bonds. The van der Waals surface area contributed by atoms with Gasteiger partial charge in [0.05, 0.1) is 13.0 Å². The standard InChI is InChI=1S/C20H22O3/c1-3-16(19(21)22)20(15-9-5-4-6-10-15)13-12-14-8-7-11-17(23-2)18(14)20/h4-11,16H,3,12-13H2,1-2H3,(H,21,22)/t16-,20?/m0/s1. The van der Waals surface area contributed by atoms with Gasteiger partial charge in [-0.25, -0.2) is 0 Å². The minimum Gasteiger partial charge on any atom is -0.496 e. The molecule has 3 rings (SSSR count). The van der Waals surface area contributed by atoms with Gasteiger partial charge in [0.25, 0.3) is 0 Å². The van der Waals surface area contributed by atoms with E-state index >= 15 is 0 Å². The summed E-state index contributed by atoms with van der Waals surface area (Å²) in [6, 6.07) is 16.1. The number of aliphatic carboxylic acids is 1. The van der Waals surface area contributed by atoms with E-state index in [0.717, 1.165) is 29.7 Å². The van der Waals surface area contributed by atoms with Crippen molar-refractivity contribution < 1.29 is 14.6 Å². The third-order valence-electron chi connectivity index (χ3n) is 5.16. The molecular formula is C20H22O3. The molecule has 2 aromatic carbocycles. The van der Waals surface area contributed by atoms with E-state index in [4.69, 9.17) is 4.74 Å². The summed E-state index contributed by atoms with van der Waals surface area (Å²) in [6.45, 7) is 1.96. The van der Waals surface area contributed by atoms with Crippen LogP contribution in [0.5, 0.6) is 5.75 Å². The molecule has 0 aromatic heterocycles. The summed E-state index contributed by atoms with van der Waals surface area (Å²) in [7, 11) is 1.66. The van der Waals surface area contributed by atoms with Crippen molar-refractivity contribution in [1.82, 2.24) is 0 Å². The Hall–Kier alpha value is -2.29. The summed E-state index contributed by atoms with van der Waals surface area (Å²) in [5.41, 5.74) is 2.80. The Morgan fingerprint density at radius 3 is 2.57 bits per heavy atom. The van der Waals surface area contributed by atoms with Crippen molar-refractivity contribution in [2.75, 3.05) is 7.11 Å². The topological polar surface area (TPSA) is 46.5 Å². The zero-order valence-corrected chi connectivity index (χ0v) is 13.6. The first-order valence-electron chi connectivity index (χ1n) is 8.09. The highest BCUT2D eigenvalue weighted by Crippen LogP contribution is 2.53. The molecule has 1 unspecified atom stereocenters. The summed E-state index contributed by atoms with van der Waals surface area (Å²) >= 11 is 0. The second-order valence-electron chi connectivity index (χ2n) is 6.13. The highest BCUT2D eigenvalue weighted by Gasteiger charge is 2.50. The lowest BCUT2D eigenvalue weighted by atomic mass is 9.65. The van der Waals surface area contributed by atoms with Crippen molar-refractivity contribution in [1.29, 1.82) is 0 Å². The summed E-state index contributed by atoms with van der Waals surface area (Å²) in [5.74, 6) is -0.416. The number of methoxy groups -OCH3 is 1. The van der Waals surface area contributed by atoms with Crippen molar-refractivity contribution in [3.8, 4) is 5.75 Å². The maximum absolute atomic E-state index is 12.1. The molecule has 0 heterocycles. The molecule has 1 aliphatic rings. The number of rotatable bonds is 5. The number of hydrogen-bond donors (Lipinski definition) is 1. The van der Waals surface area contributed by atoms with Gasteiger partial charge in [0.2, 0.25) is 0 Å². The molecule has 1 aliphatic carbocycles. The van der Waals surface area contributed by atoms with E-state index in [-0.39, 0.29) is 0 Å². The van der Waals surface area contributed by atoms with Crippen LogP contribution in [0.3, 0.4) is 0 Å². The molecule has 2 atom stereocenters. The fourth-order valence-electron chi connectivity index (χ4n) is 4.23. The van der Waals surface area contributed by atoms with E-state index in [1.807, 2.05) is 49.4 Å². The summed E-state index contributed by atoms with van der Waals surface area (Å²) in [6.07, 6.45) is 2.27. The lowest BCUT2D eigenvalue weighted by molar-refractivity contribution is -0.144. The van der Waals surface area contributed by atoms with Crippen molar-refractivity contribution in [3.05, 3.63) is 65.2 Å². The second kappa shape index (κ2) is 6.07. The van der Waals surface area contributed by atoms with Gasteiger partial charge in [-0.15, -0.1) is 0 Å². The van der Waals surface area contributed by atoms with E-state index in [1.165, 1.54) is 5.56 Å². The molecule has 0 saturated carbocycles. The zero-order valence-electron chi connectivity index (χ0n) is 13.6. The number of benzene rings is 2. The van der Waals surface area contributed by atoms with Crippen LogP contribution in [0.15, 0.2) is 48.5 Å². The Kier molecular flexibility index (Phi) is 4.12. The molecule has 2 aromatic rings. The third kappa shape index (κ3) is 2.31. The number of aryl methyl sites for hydroxylation is 1. The first-order valence-corrected chi connectivity index (χ1v) is 8.09. The fourth-order valence-corrected chi connectivity index (χ4v) is 4.23. The van der Waals surface area contributed by atoms with Gasteiger partial charge in [0, 0.05) is 11.0 Å². The van der Waals surface area contributed by atoms with Crippen LogP contribution in [-0.2, 0) is 16.6 Å². The Labute approximate surface area is 136 Å². The van der Waals surface area contributed by atoms with Gasteiger partial charge in [0.15, 0.2) is 0 Å². The smallest absolute Gasteiger partial charge is 0.307 e. The van der Waals surface area contributed by atoms with Crippen molar-refractivity contribution >= 4 is 5.97 Å². The van der Waals surface area contributed by atoms with Crippen LogP contribution in [0.1, 0.15) is 36.5 Å². The number of carboxylic acids is 1. The summed E-state index contributed by atoms with van der Waals surface area (Å²) < 4.78 is 5.62. The highest BCUT2D eigenvalue weighted by atomic mass is 16.5. The lowest BCUT2D eigenvalue weighted by Gasteiger charge is -2.37. The van der Waals surface area contributed by atoms with Crippen molar-refractivity contribution in [2.45, 2.75) is 31.6 Å². The Bertz CT molecular complexity index is 708. The normalized spacial score (nSPS) is 20.8. The van der Waals surface area contributed by atoms with Crippen LogP contribution in [0, 0.1) is 5.92 Å². The molecule has 0 spiro atoms. The van der Waals surface area contributed by atoms with Crippen LogP contribution in [-0.4, -0.2) is 18.2 Å². The van der Waals surface area contributed by atoms with Gasteiger partial charge in [-0.05, 0) is 36.5 Å². The first-order chi connectivity index (χ1) is 11.1. The largest absolute Gasteiger partial charge is 0.496 e. The molecule has 0 fully saturated rings. The minimum atomic E-state index is -0.741. The molecule has 0 saturated heterocycles. The highest BCUT2D eigenvalue weighted by molar-refractivity contribution is 5.75. The van der Waals surface area contributed by atoms with Crippen molar-refractivity contribution in [3.63, 3.8) is 0 Å². The van der Waals surface area contributed by atoms with Gasteiger partial charge in [0.1, 0.15) is 5.75 Å². The van der Waals surface area contributed by atoms with Gasteiger partial charge < -0.3 is 9.84 Å². The third-order valence-corrected chi connectivity index (χ3v) is 5.16. The molecule has 1 N–H and O–H groups in total. The number of carboxylic acid groups (broad SMARTS) is 1. The Balaban J connectivity index is 2.32. The molecule has 120 valence electrons. The second-order valence-corrected chi connectivity index (χ2v) is 6.13. The van der Waals surface area contributed by atoms with Gasteiger partial charge in [-0.3, -0.25) is 4.79 Å². The maximum Gasteiger partial charge on any atom is 0.307 e. The first kappa shape index (κ1) is 15.6. The van der Waals surface area contributed by atoms with Gasteiger partial charge in [-0.1, -0.05) is 49.4 Å². The summed E-state index contributed by atoms with van der Waals surface area (Å²) in [5, 5.41) is 9.91. The molecule has 0 bridgehead atoms. The van der Waals surface area contributed by atoms with Crippen LogP contribution >= 0.6 is 0 Å². The average molecular weight is 310 g/mol. The fraction of sp³-hybridized carbons (Fsp3) is 0.350. The quantitative estimate of drug-likeness (QED) is 0.906. The van der Waals surface area contributed by atoms with E-state index in [0.29, 0.717) is 6.42 Å². The van der Waals surface area contributed by atoms with Crippen LogP contribution in [0.2, 0.25) is 0 Å². The maximum atomic E-state index is 12.1. The van der Waals surface area contributed by atoms with E-state index < -0.39 is 17.3 Å². The number of ether oxygens (including phenoxy) is 1. The zero-order chi connectivity index (χ0) is 16.4. The average Bonchev–Trinajstić information content (AvgIpc) is 2.97. The SMILES string of the molecule is CC[C@@H](C(=O)O)C1(c2ccccc2)CCc2cccc(OC)c21. The molecule has 23 heavy (non-hydrogen) atoms. The van der Waals surface area contributed by atoms with E-state index in [2.05, 4.69) is 6.07 Å². The number of carbonyl (C=O) groups is 1. The molecular weight excluding hydrogens is 288 g/mol. The predicted molar refractivity (Wildman–Crippen MR) is 90.0 cm³/mol. The molecule has 3 heteroatoms. The van der Waals surface area contributed by atoms with Crippen molar-refractivity contribution in [2.24, 2.45) is 5.92 Å². The molecule has 0 aliphatic heterocycles. The Morgan fingerprint density at radius 2 is 1.96 bits per heavy atom. The lowest BCUT2D eigenvalue weighted by Crippen LogP contribution is -2.39. The molecule has 0 radical (unpaired) electrons. The van der Waals surface area contributed by atoms with Gasteiger partial charge >= 0.3 is 5.97 Å². The predicted octanol–water partition coefficient (Wildman–Crippen LogP) is 4.04. The van der Waals surface area contributed by atoms with E-state index in [1.54, 1.807) is 7.11 Å². The van der Waals surface area contributed by atoms with Crippen LogP contribution < -0.4 is 4.74 Å². The van der Waals surface area contributed by atoms with Crippen LogP contribution in [0.4, 0.5) is 0 Å². The Morgan fingerprint density at radius 1 is 1.22 bits per heavy atom. The number of hydrogen-bond acceptors (Lipinski definition) is 2. The monoisotopic (exact) mass is 310 g/mol. The van der Waals surface area contributed by atoms with Crippen LogP contribution in [0.25, 0.3) is 0 Å². The molecule has 3 nitrogen and oxygen atoms in total. The van der Waals surface area contributed by atoms with Gasteiger partial charge in [-0.2, -0.15) is 0 Å². The summed E-state index contributed by atoms with van der Waals surface area (Å²) in [4.78, 5) is 12.1. The number of fused-ring (bicyclic) bond motifs is 1.